The zero-order valence-electron chi connectivity index (χ0n) is 12.5. The van der Waals surface area contributed by atoms with Gasteiger partial charge in [0.05, 0.1) is 0 Å². The summed E-state index contributed by atoms with van der Waals surface area (Å²) < 4.78 is 0. The van der Waals surface area contributed by atoms with E-state index in [9.17, 15) is 4.79 Å². The number of benzene rings is 1. The minimum Gasteiger partial charge on any atom is -0.409 e. The van der Waals surface area contributed by atoms with Gasteiger partial charge in [0.25, 0.3) is 5.91 Å². The third-order valence-electron chi connectivity index (χ3n) is 4.12. The highest BCUT2D eigenvalue weighted by Gasteiger charge is 2.25. The Balaban J connectivity index is 2.25. The van der Waals surface area contributed by atoms with Gasteiger partial charge < -0.3 is 15.8 Å². The van der Waals surface area contributed by atoms with E-state index in [1.54, 1.807) is 24.3 Å². The fraction of sp³-hybridized carbons (Fsp3) is 0.500. The standard InChI is InChI=1S/C16H23N3O2/c1-2-14-9-4-3-5-10-19(14)16(20)13-8-6-7-12(11-13)15(17)18-21/h6-8,11,14,21H,2-5,9-10H2,1H3,(H2,17,18). The van der Waals surface area contributed by atoms with Gasteiger partial charge in [0.15, 0.2) is 5.84 Å². The Kier molecular flexibility index (Phi) is 5.20. The lowest BCUT2D eigenvalue weighted by Crippen LogP contribution is -2.39. The maximum Gasteiger partial charge on any atom is 0.254 e. The van der Waals surface area contributed by atoms with Crippen LogP contribution < -0.4 is 5.73 Å². The molecule has 1 atom stereocenters. The van der Waals surface area contributed by atoms with Crippen LogP contribution in [0.3, 0.4) is 0 Å². The van der Waals surface area contributed by atoms with Gasteiger partial charge in [0, 0.05) is 23.7 Å². The van der Waals surface area contributed by atoms with Crippen LogP contribution in [0.25, 0.3) is 0 Å². The van der Waals surface area contributed by atoms with E-state index in [1.807, 2.05) is 4.90 Å². The zero-order chi connectivity index (χ0) is 15.2. The Morgan fingerprint density at radius 1 is 1.38 bits per heavy atom. The van der Waals surface area contributed by atoms with Crippen LogP contribution in [-0.4, -0.2) is 34.4 Å². The van der Waals surface area contributed by atoms with E-state index >= 15 is 0 Å². The molecule has 1 amide bonds. The molecule has 114 valence electrons. The number of amidine groups is 1. The van der Waals surface area contributed by atoms with Crippen LogP contribution in [0.4, 0.5) is 0 Å². The van der Waals surface area contributed by atoms with Gasteiger partial charge in [0.2, 0.25) is 0 Å². The van der Waals surface area contributed by atoms with Crippen molar-refractivity contribution in [1.29, 1.82) is 0 Å². The van der Waals surface area contributed by atoms with Gasteiger partial charge in [-0.1, -0.05) is 37.1 Å². The largest absolute Gasteiger partial charge is 0.409 e. The predicted molar refractivity (Wildman–Crippen MR) is 82.5 cm³/mol. The average molecular weight is 289 g/mol. The summed E-state index contributed by atoms with van der Waals surface area (Å²) in [6.45, 7) is 2.94. The molecule has 1 fully saturated rings. The van der Waals surface area contributed by atoms with Crippen molar-refractivity contribution in [3.8, 4) is 0 Å². The molecule has 21 heavy (non-hydrogen) atoms. The van der Waals surface area contributed by atoms with E-state index in [2.05, 4.69) is 12.1 Å². The van der Waals surface area contributed by atoms with Crippen LogP contribution >= 0.6 is 0 Å². The van der Waals surface area contributed by atoms with Gasteiger partial charge >= 0.3 is 0 Å². The van der Waals surface area contributed by atoms with Crippen LogP contribution in [0.15, 0.2) is 29.4 Å². The monoisotopic (exact) mass is 289 g/mol. The molecule has 0 aromatic heterocycles. The van der Waals surface area contributed by atoms with Crippen molar-refractivity contribution in [3.63, 3.8) is 0 Å². The van der Waals surface area contributed by atoms with E-state index in [0.717, 1.165) is 25.8 Å². The highest BCUT2D eigenvalue weighted by molar-refractivity contribution is 6.01. The lowest BCUT2D eigenvalue weighted by molar-refractivity contribution is 0.0678. The molecule has 1 heterocycles. The Bertz CT molecular complexity index is 528. The minimum atomic E-state index is 0.0209. The van der Waals surface area contributed by atoms with Gasteiger partial charge in [-0.3, -0.25) is 4.79 Å². The molecule has 2 rings (SSSR count). The minimum absolute atomic E-state index is 0.0209. The van der Waals surface area contributed by atoms with E-state index in [-0.39, 0.29) is 11.7 Å². The number of rotatable bonds is 3. The van der Waals surface area contributed by atoms with Crippen LogP contribution in [0.2, 0.25) is 0 Å². The fourth-order valence-corrected chi connectivity index (χ4v) is 2.90. The van der Waals surface area contributed by atoms with Crippen molar-refractivity contribution in [2.75, 3.05) is 6.54 Å². The van der Waals surface area contributed by atoms with Crippen molar-refractivity contribution in [1.82, 2.24) is 4.90 Å². The molecule has 0 bridgehead atoms. The summed E-state index contributed by atoms with van der Waals surface area (Å²) in [4.78, 5) is 14.8. The Morgan fingerprint density at radius 2 is 2.14 bits per heavy atom. The van der Waals surface area contributed by atoms with Gasteiger partial charge in [-0.2, -0.15) is 0 Å². The maximum atomic E-state index is 12.8. The molecule has 0 spiro atoms. The summed E-state index contributed by atoms with van der Waals surface area (Å²) in [7, 11) is 0. The topological polar surface area (TPSA) is 78.9 Å². The molecule has 5 heteroatoms. The second kappa shape index (κ2) is 7.11. The molecule has 3 N–H and O–H groups in total. The van der Waals surface area contributed by atoms with Crippen LogP contribution in [0.5, 0.6) is 0 Å². The molecule has 0 aliphatic carbocycles. The summed E-state index contributed by atoms with van der Waals surface area (Å²) >= 11 is 0. The molecule has 5 nitrogen and oxygen atoms in total. The summed E-state index contributed by atoms with van der Waals surface area (Å²) in [5.74, 6) is 0.0592. The summed E-state index contributed by atoms with van der Waals surface area (Å²) in [6.07, 6.45) is 5.48. The van der Waals surface area contributed by atoms with Gasteiger partial charge in [-0.25, -0.2) is 0 Å². The Morgan fingerprint density at radius 3 is 2.86 bits per heavy atom. The second-order valence-electron chi connectivity index (χ2n) is 5.48. The highest BCUT2D eigenvalue weighted by Crippen LogP contribution is 2.21. The first-order valence-electron chi connectivity index (χ1n) is 7.56. The number of carbonyl (C=O) groups excluding carboxylic acids is 1. The average Bonchev–Trinajstić information content (AvgIpc) is 2.78. The molecular weight excluding hydrogens is 266 g/mol. The third-order valence-corrected chi connectivity index (χ3v) is 4.12. The van der Waals surface area contributed by atoms with E-state index in [1.165, 1.54) is 12.8 Å². The number of oxime groups is 1. The molecular formula is C16H23N3O2. The van der Waals surface area contributed by atoms with Crippen molar-refractivity contribution < 1.29 is 10.0 Å². The first-order chi connectivity index (χ1) is 10.2. The molecule has 0 radical (unpaired) electrons. The number of carbonyl (C=O) groups is 1. The van der Waals surface area contributed by atoms with Crippen LogP contribution in [-0.2, 0) is 0 Å². The van der Waals surface area contributed by atoms with E-state index in [4.69, 9.17) is 10.9 Å². The quantitative estimate of drug-likeness (QED) is 0.388. The SMILES string of the molecule is CCC1CCCCCN1C(=O)c1cccc(/C(N)=N/O)c1. The number of hydrogen-bond donors (Lipinski definition) is 2. The molecule has 0 saturated carbocycles. The van der Waals surface area contributed by atoms with Crippen molar-refractivity contribution >= 4 is 11.7 Å². The van der Waals surface area contributed by atoms with E-state index in [0.29, 0.717) is 17.2 Å². The van der Waals surface area contributed by atoms with Crippen LogP contribution in [0, 0.1) is 0 Å². The molecule has 1 aliphatic heterocycles. The lowest BCUT2D eigenvalue weighted by atomic mass is 10.1. The van der Waals surface area contributed by atoms with E-state index < -0.39 is 0 Å². The number of hydrogen-bond acceptors (Lipinski definition) is 3. The lowest BCUT2D eigenvalue weighted by Gasteiger charge is -2.29. The molecule has 1 aromatic rings. The van der Waals surface area contributed by atoms with Crippen LogP contribution in [0.1, 0.15) is 54.9 Å². The van der Waals surface area contributed by atoms with Gasteiger partial charge in [-0.15, -0.1) is 0 Å². The third kappa shape index (κ3) is 3.54. The van der Waals surface area contributed by atoms with Gasteiger partial charge in [0.1, 0.15) is 0 Å². The Labute approximate surface area is 125 Å². The maximum absolute atomic E-state index is 12.8. The predicted octanol–water partition coefficient (Wildman–Crippen LogP) is 2.58. The molecule has 1 aliphatic rings. The first kappa shape index (κ1) is 15.4. The Hall–Kier alpha value is -2.04. The normalized spacial score (nSPS) is 20.1. The van der Waals surface area contributed by atoms with Crippen molar-refractivity contribution in [2.24, 2.45) is 10.9 Å². The van der Waals surface area contributed by atoms with Gasteiger partial charge in [-0.05, 0) is 31.4 Å². The number of nitrogens with two attached hydrogens (primary N) is 1. The van der Waals surface area contributed by atoms with Crippen molar-refractivity contribution in [3.05, 3.63) is 35.4 Å². The smallest absolute Gasteiger partial charge is 0.254 e. The summed E-state index contributed by atoms with van der Waals surface area (Å²) in [5.41, 5.74) is 6.75. The highest BCUT2D eigenvalue weighted by atomic mass is 16.4. The number of nitrogens with zero attached hydrogens (tertiary/aromatic N) is 2. The summed E-state index contributed by atoms with van der Waals surface area (Å²) in [6, 6.07) is 7.28. The molecule has 1 saturated heterocycles. The molecule has 1 aromatic carbocycles. The zero-order valence-corrected chi connectivity index (χ0v) is 12.5. The number of amides is 1. The van der Waals surface area contributed by atoms with Crippen molar-refractivity contribution in [2.45, 2.75) is 45.1 Å². The summed E-state index contributed by atoms with van der Waals surface area (Å²) in [5, 5.41) is 11.7. The second-order valence-corrected chi connectivity index (χ2v) is 5.48. The number of likely N-dealkylation sites (tertiary alicyclic amines) is 1. The first-order valence-corrected chi connectivity index (χ1v) is 7.56. The fourth-order valence-electron chi connectivity index (χ4n) is 2.90. The molecule has 1 unspecified atom stereocenters.